The second kappa shape index (κ2) is 7.14. The van der Waals surface area contributed by atoms with Crippen molar-refractivity contribution in [2.24, 2.45) is 5.92 Å². The molecule has 25 heavy (non-hydrogen) atoms. The van der Waals surface area contributed by atoms with Gasteiger partial charge in [0, 0.05) is 25.3 Å². The van der Waals surface area contributed by atoms with Gasteiger partial charge in [-0.3, -0.25) is 0 Å². The SMILES string of the molecule is CC(C)c1ccc(-c2cn3nc(NCC4CCOCC4)sc3n2)cc1. The zero-order valence-corrected chi connectivity index (χ0v) is 15.6. The maximum absolute atomic E-state index is 5.41. The summed E-state index contributed by atoms with van der Waals surface area (Å²) in [5, 5.41) is 9.02. The third kappa shape index (κ3) is 3.70. The van der Waals surface area contributed by atoms with Crippen LogP contribution in [0, 0.1) is 5.92 Å². The quantitative estimate of drug-likeness (QED) is 0.735. The zero-order valence-electron chi connectivity index (χ0n) is 14.7. The van der Waals surface area contributed by atoms with Crippen LogP contribution in [0.3, 0.4) is 0 Å². The van der Waals surface area contributed by atoms with E-state index in [1.165, 1.54) is 5.56 Å². The molecular weight excluding hydrogens is 332 g/mol. The van der Waals surface area contributed by atoms with E-state index < -0.39 is 0 Å². The number of fused-ring (bicyclic) bond motifs is 1. The Morgan fingerprint density at radius 3 is 2.68 bits per heavy atom. The molecule has 1 aromatic carbocycles. The minimum atomic E-state index is 0.547. The van der Waals surface area contributed by atoms with Crippen molar-refractivity contribution in [2.45, 2.75) is 32.6 Å². The Bertz CT molecular complexity index is 799. The van der Waals surface area contributed by atoms with E-state index in [1.807, 2.05) is 10.7 Å². The lowest BCUT2D eigenvalue weighted by atomic mass is 10.0. The van der Waals surface area contributed by atoms with Gasteiger partial charge in [0.25, 0.3) is 0 Å². The fourth-order valence-electron chi connectivity index (χ4n) is 3.13. The van der Waals surface area contributed by atoms with Gasteiger partial charge in [-0.15, -0.1) is 5.10 Å². The average Bonchev–Trinajstić information content (AvgIpc) is 3.19. The molecule has 2 aromatic heterocycles. The van der Waals surface area contributed by atoms with Crippen molar-refractivity contribution in [1.29, 1.82) is 0 Å². The van der Waals surface area contributed by atoms with Gasteiger partial charge in [-0.1, -0.05) is 49.4 Å². The summed E-state index contributed by atoms with van der Waals surface area (Å²) in [6, 6.07) is 8.65. The van der Waals surface area contributed by atoms with E-state index >= 15 is 0 Å². The first-order valence-corrected chi connectivity index (χ1v) is 9.79. The summed E-state index contributed by atoms with van der Waals surface area (Å²) in [5.41, 5.74) is 3.46. The van der Waals surface area contributed by atoms with Crippen LogP contribution in [0.15, 0.2) is 30.5 Å². The third-order valence-electron chi connectivity index (χ3n) is 4.80. The summed E-state index contributed by atoms with van der Waals surface area (Å²) in [6.07, 6.45) is 4.27. The number of imidazole rings is 1. The number of nitrogens with zero attached hydrogens (tertiary/aromatic N) is 3. The molecule has 6 heteroatoms. The molecule has 4 rings (SSSR count). The van der Waals surface area contributed by atoms with Crippen molar-refractivity contribution >= 4 is 21.4 Å². The lowest BCUT2D eigenvalue weighted by Crippen LogP contribution is -2.22. The lowest BCUT2D eigenvalue weighted by molar-refractivity contribution is 0.0699. The molecule has 1 N–H and O–H groups in total. The van der Waals surface area contributed by atoms with E-state index in [1.54, 1.807) is 11.3 Å². The summed E-state index contributed by atoms with van der Waals surface area (Å²) in [6.45, 7) is 7.14. The summed E-state index contributed by atoms with van der Waals surface area (Å²) >= 11 is 1.61. The number of nitrogens with one attached hydrogen (secondary N) is 1. The van der Waals surface area contributed by atoms with Gasteiger partial charge in [0.15, 0.2) is 0 Å². The van der Waals surface area contributed by atoms with E-state index in [-0.39, 0.29) is 0 Å². The topological polar surface area (TPSA) is 51.5 Å². The molecule has 1 fully saturated rings. The second-order valence-corrected chi connectivity index (χ2v) is 7.93. The second-order valence-electron chi connectivity index (χ2n) is 6.97. The minimum Gasteiger partial charge on any atom is -0.381 e. The van der Waals surface area contributed by atoms with E-state index in [0.717, 1.165) is 53.9 Å². The number of benzene rings is 1. The fourth-order valence-corrected chi connectivity index (χ4v) is 3.92. The molecule has 0 unspecified atom stereocenters. The van der Waals surface area contributed by atoms with Crippen LogP contribution < -0.4 is 5.32 Å². The Hall–Kier alpha value is -1.92. The van der Waals surface area contributed by atoms with Crippen LogP contribution >= 0.6 is 11.3 Å². The normalized spacial score (nSPS) is 16.0. The monoisotopic (exact) mass is 356 g/mol. The summed E-state index contributed by atoms with van der Waals surface area (Å²) < 4.78 is 7.29. The largest absolute Gasteiger partial charge is 0.381 e. The Kier molecular flexibility index (Phi) is 4.72. The van der Waals surface area contributed by atoms with Crippen molar-refractivity contribution in [3.05, 3.63) is 36.0 Å². The molecule has 0 amide bonds. The Balaban J connectivity index is 1.45. The van der Waals surface area contributed by atoms with E-state index in [9.17, 15) is 0 Å². The predicted octanol–water partition coefficient (Wildman–Crippen LogP) is 4.42. The molecule has 5 nitrogen and oxygen atoms in total. The van der Waals surface area contributed by atoms with Gasteiger partial charge in [-0.2, -0.15) is 0 Å². The standard InChI is InChI=1S/C19H24N4OS/c1-13(2)15-3-5-16(6-4-15)17-12-23-19(21-17)25-18(22-23)20-11-14-7-9-24-10-8-14/h3-6,12-14H,7-11H2,1-2H3,(H,20,22). The molecule has 0 spiro atoms. The van der Waals surface area contributed by atoms with Crippen molar-refractivity contribution in [2.75, 3.05) is 25.1 Å². The van der Waals surface area contributed by atoms with Gasteiger partial charge < -0.3 is 10.1 Å². The summed E-state index contributed by atoms with van der Waals surface area (Å²) in [7, 11) is 0. The van der Waals surface area contributed by atoms with Crippen molar-refractivity contribution in [1.82, 2.24) is 14.6 Å². The van der Waals surface area contributed by atoms with Gasteiger partial charge in [0.05, 0.1) is 11.9 Å². The number of ether oxygens (including phenoxy) is 1. The Morgan fingerprint density at radius 1 is 1.24 bits per heavy atom. The first kappa shape index (κ1) is 16.5. The lowest BCUT2D eigenvalue weighted by Gasteiger charge is -2.21. The molecule has 3 aromatic rings. The van der Waals surface area contributed by atoms with E-state index in [4.69, 9.17) is 9.72 Å². The highest BCUT2D eigenvalue weighted by molar-refractivity contribution is 7.20. The van der Waals surface area contributed by atoms with E-state index in [0.29, 0.717) is 11.8 Å². The number of hydrogen-bond acceptors (Lipinski definition) is 5. The molecule has 0 atom stereocenters. The highest BCUT2D eigenvalue weighted by Crippen LogP contribution is 2.26. The first-order chi connectivity index (χ1) is 12.2. The molecule has 0 saturated carbocycles. The maximum atomic E-state index is 5.41. The average molecular weight is 356 g/mol. The van der Waals surface area contributed by atoms with Crippen LogP contribution in [-0.2, 0) is 4.74 Å². The predicted molar refractivity (Wildman–Crippen MR) is 102 cm³/mol. The highest BCUT2D eigenvalue weighted by atomic mass is 32.1. The smallest absolute Gasteiger partial charge is 0.214 e. The van der Waals surface area contributed by atoms with Gasteiger partial charge >= 0.3 is 0 Å². The number of rotatable bonds is 5. The van der Waals surface area contributed by atoms with Gasteiger partial charge in [-0.05, 0) is 30.2 Å². The molecule has 0 aliphatic carbocycles. The van der Waals surface area contributed by atoms with Crippen molar-refractivity contribution in [3.63, 3.8) is 0 Å². The minimum absolute atomic E-state index is 0.547. The number of aromatic nitrogens is 3. The molecule has 1 aliphatic heterocycles. The van der Waals surface area contributed by atoms with Gasteiger partial charge in [-0.25, -0.2) is 9.50 Å². The molecule has 0 bridgehead atoms. The molecular formula is C19H24N4OS. The molecule has 1 aliphatic rings. The Morgan fingerprint density at radius 2 is 2.00 bits per heavy atom. The van der Waals surface area contributed by atoms with Crippen LogP contribution in [0.4, 0.5) is 5.13 Å². The Labute approximate surface area is 152 Å². The van der Waals surface area contributed by atoms with Crippen LogP contribution in [0.5, 0.6) is 0 Å². The summed E-state index contributed by atoms with van der Waals surface area (Å²) in [4.78, 5) is 5.66. The van der Waals surface area contributed by atoms with Gasteiger partial charge in [0.2, 0.25) is 10.1 Å². The van der Waals surface area contributed by atoms with Crippen LogP contribution in [0.2, 0.25) is 0 Å². The number of anilines is 1. The van der Waals surface area contributed by atoms with Crippen molar-refractivity contribution < 1.29 is 4.74 Å². The summed E-state index contributed by atoms with van der Waals surface area (Å²) in [5.74, 6) is 1.23. The van der Waals surface area contributed by atoms with E-state index in [2.05, 4.69) is 48.5 Å². The molecule has 3 heterocycles. The highest BCUT2D eigenvalue weighted by Gasteiger charge is 2.15. The zero-order chi connectivity index (χ0) is 17.2. The third-order valence-corrected chi connectivity index (χ3v) is 5.68. The van der Waals surface area contributed by atoms with Crippen molar-refractivity contribution in [3.8, 4) is 11.3 Å². The molecule has 132 valence electrons. The van der Waals surface area contributed by atoms with Crippen LogP contribution in [0.25, 0.3) is 16.2 Å². The maximum Gasteiger partial charge on any atom is 0.214 e. The molecule has 0 radical (unpaired) electrons. The van der Waals surface area contributed by atoms with Crippen LogP contribution in [-0.4, -0.2) is 34.4 Å². The van der Waals surface area contributed by atoms with Gasteiger partial charge in [0.1, 0.15) is 0 Å². The number of hydrogen-bond donors (Lipinski definition) is 1. The fraction of sp³-hybridized carbons (Fsp3) is 0.474. The first-order valence-electron chi connectivity index (χ1n) is 8.97. The molecule has 1 saturated heterocycles. The van der Waals surface area contributed by atoms with Crippen LogP contribution in [0.1, 0.15) is 38.2 Å².